The monoisotopic (exact) mass is 292 g/mol. The van der Waals surface area contributed by atoms with E-state index in [4.69, 9.17) is 0 Å². The first-order valence-corrected chi connectivity index (χ1v) is 5.51. The van der Waals surface area contributed by atoms with E-state index >= 15 is 0 Å². The van der Waals surface area contributed by atoms with E-state index in [1.54, 1.807) is 18.3 Å². The van der Waals surface area contributed by atoms with Gasteiger partial charge < -0.3 is 5.11 Å². The number of aliphatic hydroxyl groups excluding tert-OH is 1. The Morgan fingerprint density at radius 3 is 3.00 bits per heavy atom. The van der Waals surface area contributed by atoms with Crippen LogP contribution in [0.2, 0.25) is 0 Å². The first kappa shape index (κ1) is 10.0. The van der Waals surface area contributed by atoms with Crippen molar-refractivity contribution in [1.29, 1.82) is 0 Å². The fourth-order valence-corrected chi connectivity index (χ4v) is 2.23. The molecule has 0 saturated heterocycles. The van der Waals surface area contributed by atoms with Crippen LogP contribution < -0.4 is 0 Å². The summed E-state index contributed by atoms with van der Waals surface area (Å²) in [4.78, 5) is 0. The Morgan fingerprint density at radius 1 is 1.75 bits per heavy atom. The van der Waals surface area contributed by atoms with Crippen molar-refractivity contribution in [3.63, 3.8) is 0 Å². The van der Waals surface area contributed by atoms with Gasteiger partial charge in [-0.25, -0.2) is 0 Å². The lowest BCUT2D eigenvalue weighted by Crippen LogP contribution is -1.92. The lowest BCUT2D eigenvalue weighted by Gasteiger charge is -2.01. The Labute approximate surface area is 90.0 Å². The number of halogens is 1. The first-order chi connectivity index (χ1) is 5.74. The van der Waals surface area contributed by atoms with Gasteiger partial charge in [-0.2, -0.15) is 0 Å². The summed E-state index contributed by atoms with van der Waals surface area (Å²) in [5.41, 5.74) is 0.979. The third-order valence-corrected chi connectivity index (χ3v) is 3.25. The van der Waals surface area contributed by atoms with Crippen LogP contribution in [0, 0.1) is 14.7 Å². The third kappa shape index (κ3) is 2.77. The standard InChI is InChI=1S/C9H9IOS/c1-2-3-4-8(11)7-5-9(10)12-6-7/h5-6,8,11H,4H2,1H3. The molecule has 0 aliphatic rings. The van der Waals surface area contributed by atoms with Gasteiger partial charge in [-0.1, -0.05) is 0 Å². The molecule has 64 valence electrons. The smallest absolute Gasteiger partial charge is 0.0907 e. The first-order valence-electron chi connectivity index (χ1n) is 3.55. The lowest BCUT2D eigenvalue weighted by atomic mass is 10.1. The summed E-state index contributed by atoms with van der Waals surface area (Å²) in [6.07, 6.45) is 0.112. The molecule has 1 aromatic rings. The van der Waals surface area contributed by atoms with E-state index in [2.05, 4.69) is 34.4 Å². The molecule has 1 nitrogen and oxygen atoms in total. The molecule has 0 spiro atoms. The molecule has 0 aliphatic heterocycles. The second kappa shape index (κ2) is 4.85. The minimum atomic E-state index is -0.419. The second-order valence-corrected chi connectivity index (χ2v) is 5.14. The van der Waals surface area contributed by atoms with E-state index in [0.29, 0.717) is 6.42 Å². The molecule has 1 unspecified atom stereocenters. The minimum Gasteiger partial charge on any atom is -0.387 e. The maximum absolute atomic E-state index is 9.57. The summed E-state index contributed by atoms with van der Waals surface area (Å²) in [5, 5.41) is 11.5. The largest absolute Gasteiger partial charge is 0.387 e. The van der Waals surface area contributed by atoms with Crippen LogP contribution >= 0.6 is 33.9 Å². The Bertz CT molecular complexity index is 308. The molecule has 1 atom stereocenters. The molecular formula is C9H9IOS. The zero-order valence-corrected chi connectivity index (χ0v) is 9.65. The Hall–Kier alpha value is -0.0500. The predicted molar refractivity (Wildman–Crippen MR) is 60.1 cm³/mol. The average molecular weight is 292 g/mol. The van der Waals surface area contributed by atoms with Crippen LogP contribution in [0.25, 0.3) is 0 Å². The van der Waals surface area contributed by atoms with Gasteiger partial charge in [0.1, 0.15) is 0 Å². The van der Waals surface area contributed by atoms with Gasteiger partial charge in [0.15, 0.2) is 0 Å². The molecule has 0 radical (unpaired) electrons. The molecule has 0 bridgehead atoms. The number of hydrogen-bond acceptors (Lipinski definition) is 2. The maximum Gasteiger partial charge on any atom is 0.0907 e. The molecule has 1 N–H and O–H groups in total. The lowest BCUT2D eigenvalue weighted by molar-refractivity contribution is 0.184. The van der Waals surface area contributed by atoms with Crippen LogP contribution in [-0.4, -0.2) is 5.11 Å². The van der Waals surface area contributed by atoms with Crippen LogP contribution in [0.5, 0.6) is 0 Å². The number of hydrogen-bond donors (Lipinski definition) is 1. The average Bonchev–Trinajstić information content (AvgIpc) is 2.47. The van der Waals surface area contributed by atoms with E-state index in [9.17, 15) is 5.11 Å². The summed E-state index contributed by atoms with van der Waals surface area (Å²) >= 11 is 3.89. The van der Waals surface area contributed by atoms with Crippen molar-refractivity contribution in [2.24, 2.45) is 0 Å². The van der Waals surface area contributed by atoms with Crippen LogP contribution in [0.15, 0.2) is 11.4 Å². The van der Waals surface area contributed by atoms with Gasteiger partial charge in [-0.3, -0.25) is 0 Å². The summed E-state index contributed by atoms with van der Waals surface area (Å²) < 4.78 is 1.20. The molecule has 0 amide bonds. The SMILES string of the molecule is CC#CCC(O)c1csc(I)c1. The number of aliphatic hydroxyl groups is 1. The molecule has 0 aromatic carbocycles. The van der Waals surface area contributed by atoms with Crippen LogP contribution in [0.1, 0.15) is 25.0 Å². The van der Waals surface area contributed by atoms with Crippen LogP contribution in [0.3, 0.4) is 0 Å². The summed E-state index contributed by atoms with van der Waals surface area (Å²) in [5.74, 6) is 5.62. The molecule has 3 heteroatoms. The van der Waals surface area contributed by atoms with Crippen molar-refractivity contribution in [3.05, 3.63) is 19.9 Å². The molecule has 1 rings (SSSR count). The van der Waals surface area contributed by atoms with Crippen LogP contribution in [-0.2, 0) is 0 Å². The molecule has 0 fully saturated rings. The zero-order chi connectivity index (χ0) is 8.97. The summed E-state index contributed by atoms with van der Waals surface area (Å²) in [6, 6.07) is 1.99. The Morgan fingerprint density at radius 2 is 2.50 bits per heavy atom. The molecule has 0 saturated carbocycles. The van der Waals surface area contributed by atoms with E-state index < -0.39 is 6.10 Å². The van der Waals surface area contributed by atoms with E-state index in [1.165, 1.54) is 2.88 Å². The Kier molecular flexibility index (Phi) is 4.06. The van der Waals surface area contributed by atoms with Crippen molar-refractivity contribution >= 4 is 33.9 Å². The summed E-state index contributed by atoms with van der Waals surface area (Å²) in [7, 11) is 0. The third-order valence-electron chi connectivity index (χ3n) is 1.44. The fourth-order valence-electron chi connectivity index (χ4n) is 0.815. The van der Waals surface area contributed by atoms with Gasteiger partial charge in [0, 0.05) is 6.42 Å². The Balaban J connectivity index is 2.62. The highest BCUT2D eigenvalue weighted by Gasteiger charge is 2.06. The van der Waals surface area contributed by atoms with Gasteiger partial charge in [-0.15, -0.1) is 23.2 Å². The molecule has 12 heavy (non-hydrogen) atoms. The highest BCUT2D eigenvalue weighted by Crippen LogP contribution is 2.23. The molecule has 1 heterocycles. The van der Waals surface area contributed by atoms with Crippen molar-refractivity contribution in [3.8, 4) is 11.8 Å². The second-order valence-electron chi connectivity index (χ2n) is 2.33. The van der Waals surface area contributed by atoms with E-state index in [1.807, 2.05) is 11.4 Å². The summed E-state index contributed by atoms with van der Waals surface area (Å²) in [6.45, 7) is 1.78. The van der Waals surface area contributed by atoms with Crippen molar-refractivity contribution in [2.45, 2.75) is 19.4 Å². The maximum atomic E-state index is 9.57. The number of thiophene rings is 1. The van der Waals surface area contributed by atoms with Crippen molar-refractivity contribution in [1.82, 2.24) is 0 Å². The van der Waals surface area contributed by atoms with E-state index in [0.717, 1.165) is 5.56 Å². The van der Waals surface area contributed by atoms with Gasteiger partial charge >= 0.3 is 0 Å². The normalized spacial score (nSPS) is 11.9. The number of rotatable bonds is 2. The molecule has 0 aliphatic carbocycles. The zero-order valence-electron chi connectivity index (χ0n) is 6.67. The van der Waals surface area contributed by atoms with E-state index in [-0.39, 0.29) is 0 Å². The highest BCUT2D eigenvalue weighted by atomic mass is 127. The predicted octanol–water partition coefficient (Wildman–Crippen LogP) is 2.80. The topological polar surface area (TPSA) is 20.2 Å². The van der Waals surface area contributed by atoms with Gasteiger partial charge in [0.25, 0.3) is 0 Å². The highest BCUT2D eigenvalue weighted by molar-refractivity contribution is 14.1. The van der Waals surface area contributed by atoms with Gasteiger partial charge in [0.05, 0.1) is 8.99 Å². The van der Waals surface area contributed by atoms with Crippen molar-refractivity contribution in [2.75, 3.05) is 0 Å². The van der Waals surface area contributed by atoms with Crippen LogP contribution in [0.4, 0.5) is 0 Å². The molecular weight excluding hydrogens is 283 g/mol. The fraction of sp³-hybridized carbons (Fsp3) is 0.333. The van der Waals surface area contributed by atoms with Gasteiger partial charge in [-0.05, 0) is 46.5 Å². The minimum absolute atomic E-state index is 0.419. The van der Waals surface area contributed by atoms with Gasteiger partial charge in [0.2, 0.25) is 0 Å². The molecule has 1 aromatic heterocycles. The van der Waals surface area contributed by atoms with Crippen molar-refractivity contribution < 1.29 is 5.11 Å². The quantitative estimate of drug-likeness (QED) is 0.656.